The molecule has 2 aliphatic rings. The van der Waals surface area contributed by atoms with Crippen LogP contribution in [0.25, 0.3) is 0 Å². The lowest BCUT2D eigenvalue weighted by atomic mass is 9.86. The molecule has 6 heteroatoms. The predicted octanol–water partition coefficient (Wildman–Crippen LogP) is 7.86. The Morgan fingerprint density at radius 2 is 0.792 bits per heavy atom. The fourth-order valence-corrected chi connectivity index (χ4v) is 7.30. The van der Waals surface area contributed by atoms with Crippen LogP contribution in [0.1, 0.15) is 60.1 Å². The average Bonchev–Trinajstić information content (AvgIpc) is 3.15. The Hall–Kier alpha value is -3.36. The first kappa shape index (κ1) is 34.5. The number of rotatable bonds is 6. The van der Waals surface area contributed by atoms with E-state index in [1.54, 1.807) is 0 Å². The molecule has 0 amide bonds. The molecule has 48 heavy (non-hydrogen) atoms. The summed E-state index contributed by atoms with van der Waals surface area (Å²) in [6.45, 7) is 6.59. The van der Waals surface area contributed by atoms with Gasteiger partial charge in [0.2, 0.25) is 0 Å². The Morgan fingerprint density at radius 3 is 1.19 bits per heavy atom. The highest BCUT2D eigenvalue weighted by Crippen LogP contribution is 2.33. The molecule has 1 saturated heterocycles. The standard InChI is InChI=1S/C42H52N2O4/c1-5-15-35(16-6-1)31-43-33-41(37-19-9-3-10-20-37)47-29-27-45-25-26-46-28-30-48-42(38-21-11-4-12-22-38)34-44(32-36-17-7-2-8-18-36)40-24-14-13-23-39(40)43/h1-12,15-22,39-42H,13-14,23-34H2/t39-,40-,41+,42+/m1/s1. The Bertz CT molecular complexity index is 1310. The SMILES string of the molecule is c1ccc(CN2C[C@@H](c3ccccc3)OCCOCCOCCO[C@H](c3ccccc3)CN(Cc3ccccc3)[C@@H]3CCCC[C@H]32)cc1. The molecule has 0 spiro atoms. The molecule has 0 aromatic heterocycles. The third-order valence-electron chi connectivity index (χ3n) is 9.70. The molecular weight excluding hydrogens is 596 g/mol. The summed E-state index contributed by atoms with van der Waals surface area (Å²) in [5.41, 5.74) is 5.08. The second kappa shape index (κ2) is 19.0. The van der Waals surface area contributed by atoms with Crippen molar-refractivity contribution in [2.75, 3.05) is 52.7 Å². The molecule has 6 rings (SSSR count). The molecule has 1 aliphatic carbocycles. The quantitative estimate of drug-likeness (QED) is 0.212. The largest absolute Gasteiger partial charge is 0.377 e. The van der Waals surface area contributed by atoms with E-state index in [1.807, 2.05) is 0 Å². The van der Waals surface area contributed by atoms with Crippen LogP contribution in [-0.2, 0) is 32.0 Å². The number of fused-ring (bicyclic) bond motifs is 1. The molecule has 4 atom stereocenters. The minimum atomic E-state index is -0.0702. The van der Waals surface area contributed by atoms with Gasteiger partial charge in [-0.05, 0) is 35.1 Å². The maximum absolute atomic E-state index is 6.68. The summed E-state index contributed by atoms with van der Waals surface area (Å²) in [6.07, 6.45) is 4.62. The molecule has 1 heterocycles. The van der Waals surface area contributed by atoms with Crippen LogP contribution in [0.5, 0.6) is 0 Å². The third kappa shape index (κ3) is 10.3. The molecule has 0 N–H and O–H groups in total. The summed E-state index contributed by atoms with van der Waals surface area (Å²) in [5, 5.41) is 0. The Morgan fingerprint density at radius 1 is 0.438 bits per heavy atom. The van der Waals surface area contributed by atoms with Crippen LogP contribution >= 0.6 is 0 Å². The van der Waals surface area contributed by atoms with E-state index in [-0.39, 0.29) is 12.2 Å². The zero-order valence-corrected chi connectivity index (χ0v) is 28.3. The highest BCUT2D eigenvalue weighted by molar-refractivity contribution is 5.21. The normalized spacial score (nSPS) is 24.6. The molecule has 254 valence electrons. The van der Waals surface area contributed by atoms with E-state index in [2.05, 4.69) is 131 Å². The molecule has 0 bridgehead atoms. The fraction of sp³-hybridized carbons (Fsp3) is 0.429. The van der Waals surface area contributed by atoms with Crippen molar-refractivity contribution in [1.82, 2.24) is 9.80 Å². The van der Waals surface area contributed by atoms with E-state index in [0.717, 1.165) is 39.0 Å². The number of hydrogen-bond donors (Lipinski definition) is 0. The zero-order valence-electron chi connectivity index (χ0n) is 28.3. The van der Waals surface area contributed by atoms with E-state index in [4.69, 9.17) is 18.9 Å². The molecule has 0 unspecified atom stereocenters. The second-order valence-corrected chi connectivity index (χ2v) is 13.0. The summed E-state index contributed by atoms with van der Waals surface area (Å²) < 4.78 is 25.2. The number of benzene rings is 4. The molecule has 6 nitrogen and oxygen atoms in total. The van der Waals surface area contributed by atoms with E-state index in [0.29, 0.717) is 51.7 Å². The van der Waals surface area contributed by atoms with Gasteiger partial charge in [-0.3, -0.25) is 9.80 Å². The van der Waals surface area contributed by atoms with Crippen LogP contribution < -0.4 is 0 Å². The van der Waals surface area contributed by atoms with E-state index >= 15 is 0 Å². The monoisotopic (exact) mass is 648 g/mol. The number of nitrogens with zero attached hydrogens (tertiary/aromatic N) is 2. The third-order valence-corrected chi connectivity index (χ3v) is 9.70. The molecule has 1 aliphatic heterocycles. The van der Waals surface area contributed by atoms with Crippen molar-refractivity contribution in [3.05, 3.63) is 144 Å². The van der Waals surface area contributed by atoms with Gasteiger partial charge in [-0.2, -0.15) is 0 Å². The summed E-state index contributed by atoms with van der Waals surface area (Å²) in [5.74, 6) is 0. The highest BCUT2D eigenvalue weighted by Gasteiger charge is 2.37. The molecule has 0 radical (unpaired) electrons. The highest BCUT2D eigenvalue weighted by atomic mass is 16.6. The number of ether oxygens (including phenoxy) is 4. The first-order valence-electron chi connectivity index (χ1n) is 17.9. The van der Waals surface area contributed by atoms with Gasteiger partial charge in [-0.15, -0.1) is 0 Å². The smallest absolute Gasteiger partial charge is 0.0953 e. The van der Waals surface area contributed by atoms with Crippen LogP contribution in [0.2, 0.25) is 0 Å². The maximum atomic E-state index is 6.68. The lowest BCUT2D eigenvalue weighted by Gasteiger charge is -2.47. The molecular formula is C42H52N2O4. The van der Waals surface area contributed by atoms with Gasteiger partial charge in [0, 0.05) is 38.3 Å². The van der Waals surface area contributed by atoms with E-state index in [1.165, 1.54) is 35.1 Å². The van der Waals surface area contributed by atoms with Crippen molar-refractivity contribution in [3.8, 4) is 0 Å². The maximum Gasteiger partial charge on any atom is 0.0953 e. The van der Waals surface area contributed by atoms with Crippen molar-refractivity contribution < 1.29 is 18.9 Å². The fourth-order valence-electron chi connectivity index (χ4n) is 7.30. The van der Waals surface area contributed by atoms with E-state index in [9.17, 15) is 0 Å². The van der Waals surface area contributed by atoms with Gasteiger partial charge >= 0.3 is 0 Å². The van der Waals surface area contributed by atoms with Crippen LogP contribution in [0.4, 0.5) is 0 Å². The van der Waals surface area contributed by atoms with E-state index < -0.39 is 0 Å². The first-order chi connectivity index (χ1) is 23.8. The van der Waals surface area contributed by atoms with Gasteiger partial charge in [0.05, 0.1) is 51.8 Å². The lowest BCUT2D eigenvalue weighted by molar-refractivity contribution is -0.0628. The van der Waals surface area contributed by atoms with Gasteiger partial charge in [0.25, 0.3) is 0 Å². The van der Waals surface area contributed by atoms with Gasteiger partial charge in [0.15, 0.2) is 0 Å². The zero-order chi connectivity index (χ0) is 32.6. The van der Waals surface area contributed by atoms with Gasteiger partial charge < -0.3 is 18.9 Å². The Labute approximate surface area is 287 Å². The Kier molecular flexibility index (Phi) is 13.6. The summed E-state index contributed by atoms with van der Waals surface area (Å²) in [7, 11) is 0. The van der Waals surface area contributed by atoms with Gasteiger partial charge in [-0.25, -0.2) is 0 Å². The van der Waals surface area contributed by atoms with Crippen molar-refractivity contribution in [2.24, 2.45) is 0 Å². The summed E-state index contributed by atoms with van der Waals surface area (Å²) in [6, 6.07) is 44.1. The van der Waals surface area contributed by atoms with Crippen molar-refractivity contribution in [3.63, 3.8) is 0 Å². The average molecular weight is 649 g/mol. The van der Waals surface area contributed by atoms with Crippen LogP contribution in [-0.4, -0.2) is 74.6 Å². The second-order valence-electron chi connectivity index (χ2n) is 13.0. The van der Waals surface area contributed by atoms with Crippen molar-refractivity contribution >= 4 is 0 Å². The summed E-state index contributed by atoms with van der Waals surface area (Å²) >= 11 is 0. The first-order valence-corrected chi connectivity index (χ1v) is 17.9. The van der Waals surface area contributed by atoms with Gasteiger partial charge in [0.1, 0.15) is 0 Å². The van der Waals surface area contributed by atoms with Crippen LogP contribution in [0, 0.1) is 0 Å². The molecule has 2 fully saturated rings. The van der Waals surface area contributed by atoms with Gasteiger partial charge in [-0.1, -0.05) is 134 Å². The van der Waals surface area contributed by atoms with Crippen molar-refractivity contribution in [1.29, 1.82) is 0 Å². The molecule has 1 saturated carbocycles. The summed E-state index contributed by atoms with van der Waals surface area (Å²) in [4.78, 5) is 5.45. The lowest BCUT2D eigenvalue weighted by Crippen LogP contribution is -2.54. The minimum absolute atomic E-state index is 0.0702. The molecule has 4 aromatic rings. The Balaban J connectivity index is 1.37. The van der Waals surface area contributed by atoms with Crippen molar-refractivity contribution in [2.45, 2.75) is 63.1 Å². The van der Waals surface area contributed by atoms with Crippen LogP contribution in [0.3, 0.4) is 0 Å². The molecule has 4 aromatic carbocycles. The minimum Gasteiger partial charge on any atom is -0.377 e. The predicted molar refractivity (Wildman–Crippen MR) is 192 cm³/mol. The topological polar surface area (TPSA) is 43.4 Å². The number of hydrogen-bond acceptors (Lipinski definition) is 6. The van der Waals surface area contributed by atoms with Crippen LogP contribution in [0.15, 0.2) is 121 Å².